The van der Waals surface area contributed by atoms with Crippen LogP contribution >= 0.6 is 0 Å². The summed E-state index contributed by atoms with van der Waals surface area (Å²) in [5.41, 5.74) is 5.76. The third kappa shape index (κ3) is 2.15. The fourth-order valence-electron chi connectivity index (χ4n) is 1.68. The minimum Gasteiger partial charge on any atom is -0.336 e. The van der Waals surface area contributed by atoms with Gasteiger partial charge in [0.05, 0.1) is 0 Å². The van der Waals surface area contributed by atoms with E-state index in [9.17, 15) is 4.79 Å². The second-order valence-corrected chi connectivity index (χ2v) is 3.87. The van der Waals surface area contributed by atoms with Gasteiger partial charge < -0.3 is 10.6 Å². The molecule has 1 aliphatic heterocycles. The molecular formula is C9H15N5O. The highest BCUT2D eigenvalue weighted by atomic mass is 16.2. The lowest BCUT2D eigenvalue weighted by Gasteiger charge is -2.29. The van der Waals surface area contributed by atoms with Gasteiger partial charge in [-0.25, -0.2) is 4.98 Å². The predicted molar refractivity (Wildman–Crippen MR) is 54.2 cm³/mol. The monoisotopic (exact) mass is 209 g/mol. The molecule has 1 amide bonds. The zero-order valence-electron chi connectivity index (χ0n) is 8.73. The average Bonchev–Trinajstić information content (AvgIpc) is 2.65. The second-order valence-electron chi connectivity index (χ2n) is 3.87. The molecule has 0 spiro atoms. The highest BCUT2D eigenvalue weighted by Gasteiger charge is 2.23. The van der Waals surface area contributed by atoms with Gasteiger partial charge in [0.2, 0.25) is 5.82 Å². The summed E-state index contributed by atoms with van der Waals surface area (Å²) >= 11 is 0. The fraction of sp³-hybridized carbons (Fsp3) is 0.667. The number of nitrogens with two attached hydrogens (primary N) is 1. The number of aromatic nitrogens is 3. The highest BCUT2D eigenvalue weighted by molar-refractivity contribution is 5.90. The van der Waals surface area contributed by atoms with E-state index in [-0.39, 0.29) is 17.8 Å². The van der Waals surface area contributed by atoms with Crippen LogP contribution in [0.5, 0.6) is 0 Å². The van der Waals surface area contributed by atoms with Crippen molar-refractivity contribution in [2.45, 2.75) is 25.8 Å². The Hall–Kier alpha value is -1.43. The van der Waals surface area contributed by atoms with Crippen molar-refractivity contribution in [3.05, 3.63) is 11.6 Å². The molecule has 0 aliphatic carbocycles. The summed E-state index contributed by atoms with van der Waals surface area (Å²) in [4.78, 5) is 17.6. The van der Waals surface area contributed by atoms with Gasteiger partial charge >= 0.3 is 0 Å². The molecule has 2 rings (SSSR count). The van der Waals surface area contributed by atoms with Crippen LogP contribution < -0.4 is 5.73 Å². The molecule has 0 radical (unpaired) electrons. The molecule has 1 saturated heterocycles. The third-order valence-electron chi connectivity index (χ3n) is 2.62. The zero-order valence-corrected chi connectivity index (χ0v) is 8.73. The Kier molecular flexibility index (Phi) is 2.68. The van der Waals surface area contributed by atoms with Crippen LogP contribution in [0.15, 0.2) is 0 Å². The summed E-state index contributed by atoms with van der Waals surface area (Å²) in [6.45, 7) is 3.18. The lowest BCUT2D eigenvalue weighted by atomic mass is 10.1. The highest BCUT2D eigenvalue weighted by Crippen LogP contribution is 2.10. The Bertz CT molecular complexity index is 353. The van der Waals surface area contributed by atoms with Crippen LogP contribution in [0, 0.1) is 6.92 Å². The lowest BCUT2D eigenvalue weighted by Crippen LogP contribution is -2.43. The molecule has 82 valence electrons. The number of H-pyrrole nitrogens is 1. The molecule has 6 nitrogen and oxygen atoms in total. The number of nitrogens with zero attached hydrogens (tertiary/aromatic N) is 3. The minimum atomic E-state index is -0.105. The molecule has 15 heavy (non-hydrogen) atoms. The summed E-state index contributed by atoms with van der Waals surface area (Å²) in [5, 5.41) is 6.52. The minimum absolute atomic E-state index is 0.105. The fourth-order valence-corrected chi connectivity index (χ4v) is 1.68. The van der Waals surface area contributed by atoms with E-state index < -0.39 is 0 Å². The standard InChI is InChI=1S/C9H15N5O/c1-6-11-8(13-12-6)9(15)14-4-2-7(10)3-5-14/h7H,2-5,10H2,1H3,(H,11,12,13). The van der Waals surface area contributed by atoms with E-state index in [0.29, 0.717) is 18.9 Å². The molecule has 0 unspecified atom stereocenters. The van der Waals surface area contributed by atoms with Crippen molar-refractivity contribution in [2.24, 2.45) is 5.73 Å². The van der Waals surface area contributed by atoms with Gasteiger partial charge in [0.1, 0.15) is 5.82 Å². The number of aromatic amines is 1. The number of hydrogen-bond donors (Lipinski definition) is 2. The molecule has 1 aliphatic rings. The van der Waals surface area contributed by atoms with E-state index in [1.165, 1.54) is 0 Å². The van der Waals surface area contributed by atoms with Gasteiger partial charge in [0, 0.05) is 19.1 Å². The Morgan fingerprint density at radius 1 is 1.53 bits per heavy atom. The normalized spacial score (nSPS) is 18.1. The van der Waals surface area contributed by atoms with Crippen molar-refractivity contribution < 1.29 is 4.79 Å². The van der Waals surface area contributed by atoms with Crippen molar-refractivity contribution in [3.8, 4) is 0 Å². The Morgan fingerprint density at radius 3 is 2.73 bits per heavy atom. The van der Waals surface area contributed by atoms with Crippen LogP contribution in [0.1, 0.15) is 29.3 Å². The van der Waals surface area contributed by atoms with Crippen LogP contribution in [0.2, 0.25) is 0 Å². The van der Waals surface area contributed by atoms with Gasteiger partial charge in [-0.1, -0.05) is 0 Å². The van der Waals surface area contributed by atoms with E-state index in [2.05, 4.69) is 15.2 Å². The number of carbonyl (C=O) groups excluding carboxylic acids is 1. The van der Waals surface area contributed by atoms with Gasteiger partial charge in [-0.3, -0.25) is 9.89 Å². The summed E-state index contributed by atoms with van der Waals surface area (Å²) in [7, 11) is 0. The SMILES string of the molecule is Cc1nc(C(=O)N2CCC(N)CC2)n[nH]1. The number of hydrogen-bond acceptors (Lipinski definition) is 4. The summed E-state index contributed by atoms with van der Waals surface area (Å²) in [5.74, 6) is 0.807. The molecule has 3 N–H and O–H groups in total. The lowest BCUT2D eigenvalue weighted by molar-refractivity contribution is 0.0702. The maximum absolute atomic E-state index is 11.9. The molecule has 1 aromatic rings. The Balaban J connectivity index is 2.02. The van der Waals surface area contributed by atoms with Gasteiger partial charge in [-0.2, -0.15) is 0 Å². The molecule has 1 fully saturated rings. The number of carbonyl (C=O) groups is 1. The molecule has 0 saturated carbocycles. The number of piperidine rings is 1. The van der Waals surface area contributed by atoms with Gasteiger partial charge in [-0.15, -0.1) is 5.10 Å². The van der Waals surface area contributed by atoms with Crippen LogP contribution in [0.4, 0.5) is 0 Å². The Labute approximate surface area is 87.9 Å². The first-order valence-electron chi connectivity index (χ1n) is 5.10. The maximum atomic E-state index is 11.9. The van der Waals surface area contributed by atoms with E-state index in [1.807, 2.05) is 0 Å². The molecule has 0 bridgehead atoms. The van der Waals surface area contributed by atoms with E-state index in [0.717, 1.165) is 12.8 Å². The quantitative estimate of drug-likeness (QED) is 0.663. The van der Waals surface area contributed by atoms with E-state index in [4.69, 9.17) is 5.73 Å². The number of likely N-dealkylation sites (tertiary alicyclic amines) is 1. The van der Waals surface area contributed by atoms with Crippen molar-refractivity contribution in [1.29, 1.82) is 0 Å². The van der Waals surface area contributed by atoms with Crippen LogP contribution in [-0.2, 0) is 0 Å². The number of rotatable bonds is 1. The average molecular weight is 209 g/mol. The molecule has 0 aromatic carbocycles. The third-order valence-corrected chi connectivity index (χ3v) is 2.62. The molecule has 1 aromatic heterocycles. The van der Waals surface area contributed by atoms with Crippen molar-refractivity contribution >= 4 is 5.91 Å². The summed E-state index contributed by atoms with van der Waals surface area (Å²) in [6, 6.07) is 0.225. The van der Waals surface area contributed by atoms with Crippen molar-refractivity contribution in [1.82, 2.24) is 20.1 Å². The van der Waals surface area contributed by atoms with Gasteiger partial charge in [0.25, 0.3) is 5.91 Å². The second kappa shape index (κ2) is 3.98. The maximum Gasteiger partial charge on any atom is 0.293 e. The van der Waals surface area contributed by atoms with Crippen molar-refractivity contribution in [2.75, 3.05) is 13.1 Å². The van der Waals surface area contributed by atoms with Crippen LogP contribution in [0.3, 0.4) is 0 Å². The first-order chi connectivity index (χ1) is 7.16. The molecule has 2 heterocycles. The molecule has 6 heteroatoms. The first-order valence-corrected chi connectivity index (χ1v) is 5.10. The number of aryl methyl sites for hydroxylation is 1. The summed E-state index contributed by atoms with van der Waals surface area (Å²) in [6.07, 6.45) is 1.71. The van der Waals surface area contributed by atoms with Crippen LogP contribution in [-0.4, -0.2) is 45.1 Å². The first kappa shape index (κ1) is 10.1. The molecule has 0 atom stereocenters. The summed E-state index contributed by atoms with van der Waals surface area (Å²) < 4.78 is 0. The van der Waals surface area contributed by atoms with E-state index >= 15 is 0 Å². The van der Waals surface area contributed by atoms with Gasteiger partial charge in [0.15, 0.2) is 0 Å². The number of nitrogens with one attached hydrogen (secondary N) is 1. The Morgan fingerprint density at radius 2 is 2.20 bits per heavy atom. The largest absolute Gasteiger partial charge is 0.336 e. The topological polar surface area (TPSA) is 87.9 Å². The van der Waals surface area contributed by atoms with Crippen LogP contribution in [0.25, 0.3) is 0 Å². The van der Waals surface area contributed by atoms with Gasteiger partial charge in [-0.05, 0) is 19.8 Å². The smallest absolute Gasteiger partial charge is 0.293 e. The molecular weight excluding hydrogens is 194 g/mol. The number of amides is 1. The predicted octanol–water partition coefficient (Wildman–Crippen LogP) is -0.324. The van der Waals surface area contributed by atoms with Crippen molar-refractivity contribution in [3.63, 3.8) is 0 Å². The van der Waals surface area contributed by atoms with E-state index in [1.54, 1.807) is 11.8 Å². The zero-order chi connectivity index (χ0) is 10.8.